The molecule has 0 aliphatic carbocycles. The van der Waals surface area contributed by atoms with E-state index in [1.807, 2.05) is 0 Å². The molecular formula is C39H71O10P. The third-order valence-electron chi connectivity index (χ3n) is 8.02. The quantitative estimate of drug-likeness (QED) is 0.0246. The van der Waals surface area contributed by atoms with E-state index >= 15 is 0 Å². The minimum atomic E-state index is -4.62. The Kier molecular flexibility index (Phi) is 34.3. The molecule has 3 atom stereocenters. The molecule has 0 fully saturated rings. The molecule has 10 nitrogen and oxygen atoms in total. The third kappa shape index (κ3) is 34.6. The molecule has 0 aliphatic rings. The Morgan fingerprint density at radius 3 is 1.62 bits per heavy atom. The first-order chi connectivity index (χ1) is 24.2. The van der Waals surface area contributed by atoms with Crippen molar-refractivity contribution in [1.82, 2.24) is 0 Å². The molecular weight excluding hydrogens is 659 g/mol. The smallest absolute Gasteiger partial charge is 0.462 e. The average Bonchev–Trinajstić information content (AvgIpc) is 3.10. The van der Waals surface area contributed by atoms with Gasteiger partial charge in [-0.1, -0.05) is 121 Å². The molecule has 50 heavy (non-hydrogen) atoms. The molecule has 0 radical (unpaired) electrons. The Hall–Kier alpha value is -1.81. The Balaban J connectivity index is 4.40. The average molecular weight is 731 g/mol. The van der Waals surface area contributed by atoms with Gasteiger partial charge in [0.1, 0.15) is 12.7 Å². The summed E-state index contributed by atoms with van der Waals surface area (Å²) in [4.78, 5) is 34.8. The number of esters is 2. The van der Waals surface area contributed by atoms with Crippen molar-refractivity contribution in [3.8, 4) is 0 Å². The van der Waals surface area contributed by atoms with E-state index in [1.54, 1.807) is 0 Å². The van der Waals surface area contributed by atoms with Gasteiger partial charge >= 0.3 is 19.8 Å². The lowest BCUT2D eigenvalue weighted by molar-refractivity contribution is -0.161. The van der Waals surface area contributed by atoms with Gasteiger partial charge in [0.15, 0.2) is 6.10 Å². The zero-order valence-corrected chi connectivity index (χ0v) is 32.3. The molecule has 0 saturated carbocycles. The van der Waals surface area contributed by atoms with E-state index in [0.717, 1.165) is 83.5 Å². The molecule has 0 aromatic heterocycles. The molecule has 0 saturated heterocycles. The minimum Gasteiger partial charge on any atom is -0.462 e. The number of unbranched alkanes of at least 4 members (excludes halogenated alkanes) is 16. The fourth-order valence-corrected chi connectivity index (χ4v) is 5.73. The highest BCUT2D eigenvalue weighted by Crippen LogP contribution is 2.43. The van der Waals surface area contributed by atoms with Crippen molar-refractivity contribution in [1.29, 1.82) is 0 Å². The second-order valence-electron chi connectivity index (χ2n) is 12.9. The van der Waals surface area contributed by atoms with Crippen molar-refractivity contribution in [2.75, 3.05) is 26.4 Å². The molecule has 0 amide bonds. The fraction of sp³-hybridized carbons (Fsp3) is 0.795. The Bertz CT molecular complexity index is 936. The molecule has 3 N–H and O–H groups in total. The standard InChI is InChI=1S/C39H71O10P/c1-3-5-7-9-11-13-15-17-19-20-22-24-26-28-30-38(42)46-34-37(35-48-50(44,45)47-33-36(41)32-40)49-39(43)31-29-27-25-23-21-18-16-14-12-10-8-6-4-2/h9,11,14-17,36-37,40-41H,3-8,10,12-13,18-35H2,1-2H3,(H,44,45)/b11-9+,16-14+,17-15+/t36-,37+/m0/s1. The maximum Gasteiger partial charge on any atom is 0.472 e. The predicted octanol–water partition coefficient (Wildman–Crippen LogP) is 9.61. The van der Waals surface area contributed by atoms with E-state index < -0.39 is 51.8 Å². The largest absolute Gasteiger partial charge is 0.472 e. The highest BCUT2D eigenvalue weighted by Gasteiger charge is 2.27. The maximum atomic E-state index is 12.5. The van der Waals surface area contributed by atoms with E-state index in [9.17, 15) is 24.2 Å². The first-order valence-corrected chi connectivity index (χ1v) is 20.9. The summed E-state index contributed by atoms with van der Waals surface area (Å²) in [7, 11) is -4.62. The number of allylic oxidation sites excluding steroid dienone is 6. The van der Waals surface area contributed by atoms with Crippen LogP contribution in [0.15, 0.2) is 36.5 Å². The molecule has 0 aromatic rings. The summed E-state index contributed by atoms with van der Waals surface area (Å²) in [6.45, 7) is 2.28. The third-order valence-corrected chi connectivity index (χ3v) is 8.97. The zero-order valence-electron chi connectivity index (χ0n) is 31.4. The van der Waals surface area contributed by atoms with Gasteiger partial charge in [-0.25, -0.2) is 4.57 Å². The van der Waals surface area contributed by atoms with Crippen LogP contribution in [-0.4, -0.2) is 65.7 Å². The highest BCUT2D eigenvalue weighted by atomic mass is 31.2. The first kappa shape index (κ1) is 48.2. The van der Waals surface area contributed by atoms with Crippen molar-refractivity contribution in [3.63, 3.8) is 0 Å². The number of aliphatic hydroxyl groups excluding tert-OH is 2. The summed E-state index contributed by atoms with van der Waals surface area (Å²) in [6, 6.07) is 0. The van der Waals surface area contributed by atoms with Crippen molar-refractivity contribution < 1.29 is 47.8 Å². The molecule has 0 aliphatic heterocycles. The Morgan fingerprint density at radius 2 is 1.06 bits per heavy atom. The van der Waals surface area contributed by atoms with Crippen LogP contribution in [0, 0.1) is 0 Å². The van der Waals surface area contributed by atoms with Crippen LogP contribution in [-0.2, 0) is 32.7 Å². The molecule has 11 heteroatoms. The van der Waals surface area contributed by atoms with E-state index in [2.05, 4.69) is 54.8 Å². The summed E-state index contributed by atoms with van der Waals surface area (Å²) in [5, 5.41) is 18.3. The van der Waals surface area contributed by atoms with Crippen molar-refractivity contribution in [3.05, 3.63) is 36.5 Å². The van der Waals surface area contributed by atoms with E-state index in [-0.39, 0.29) is 19.4 Å². The lowest BCUT2D eigenvalue weighted by Gasteiger charge is -2.20. The number of rotatable bonds is 36. The molecule has 0 aromatic carbocycles. The van der Waals surface area contributed by atoms with Crippen molar-refractivity contribution >= 4 is 19.8 Å². The second kappa shape index (κ2) is 35.6. The number of ether oxygens (including phenoxy) is 2. The second-order valence-corrected chi connectivity index (χ2v) is 14.4. The van der Waals surface area contributed by atoms with Crippen LogP contribution in [0.2, 0.25) is 0 Å². The number of carbonyl (C=O) groups excluding carboxylic acids is 2. The maximum absolute atomic E-state index is 12.5. The minimum absolute atomic E-state index is 0.171. The van der Waals surface area contributed by atoms with E-state index in [4.69, 9.17) is 19.1 Å². The van der Waals surface area contributed by atoms with Gasteiger partial charge in [-0.2, -0.15) is 0 Å². The Labute approximate surface area is 303 Å². The van der Waals surface area contributed by atoms with Crippen LogP contribution in [0.25, 0.3) is 0 Å². The summed E-state index contributed by atoms with van der Waals surface area (Å²) < 4.78 is 32.6. The van der Waals surface area contributed by atoms with E-state index in [0.29, 0.717) is 12.8 Å². The number of hydrogen-bond donors (Lipinski definition) is 3. The van der Waals surface area contributed by atoms with Crippen LogP contribution < -0.4 is 0 Å². The zero-order chi connectivity index (χ0) is 37.0. The van der Waals surface area contributed by atoms with Gasteiger partial charge < -0.3 is 24.6 Å². The molecule has 0 spiro atoms. The van der Waals surface area contributed by atoms with Crippen molar-refractivity contribution in [2.45, 2.75) is 174 Å². The summed E-state index contributed by atoms with van der Waals surface area (Å²) in [6.07, 6.45) is 33.9. The number of phosphoric acid groups is 1. The van der Waals surface area contributed by atoms with Crippen LogP contribution in [0.3, 0.4) is 0 Å². The fourth-order valence-electron chi connectivity index (χ4n) is 4.94. The number of hydrogen-bond acceptors (Lipinski definition) is 9. The van der Waals surface area contributed by atoms with Gasteiger partial charge in [0.05, 0.1) is 19.8 Å². The highest BCUT2D eigenvalue weighted by molar-refractivity contribution is 7.47. The Morgan fingerprint density at radius 1 is 0.600 bits per heavy atom. The monoisotopic (exact) mass is 730 g/mol. The van der Waals surface area contributed by atoms with Gasteiger partial charge in [-0.3, -0.25) is 18.6 Å². The lowest BCUT2D eigenvalue weighted by Crippen LogP contribution is -2.29. The van der Waals surface area contributed by atoms with Crippen LogP contribution in [0.1, 0.15) is 162 Å². The topological polar surface area (TPSA) is 149 Å². The van der Waals surface area contributed by atoms with Gasteiger partial charge in [-0.15, -0.1) is 0 Å². The molecule has 0 heterocycles. The van der Waals surface area contributed by atoms with Crippen LogP contribution >= 0.6 is 7.82 Å². The summed E-state index contributed by atoms with van der Waals surface area (Å²) >= 11 is 0. The molecule has 1 unspecified atom stereocenters. The van der Waals surface area contributed by atoms with Crippen LogP contribution in [0.5, 0.6) is 0 Å². The molecule has 0 bridgehead atoms. The van der Waals surface area contributed by atoms with Crippen LogP contribution in [0.4, 0.5) is 0 Å². The first-order valence-electron chi connectivity index (χ1n) is 19.4. The van der Waals surface area contributed by atoms with Crippen molar-refractivity contribution in [2.24, 2.45) is 0 Å². The van der Waals surface area contributed by atoms with Gasteiger partial charge in [0.2, 0.25) is 0 Å². The molecule has 0 rings (SSSR count). The van der Waals surface area contributed by atoms with Gasteiger partial charge in [-0.05, 0) is 64.2 Å². The van der Waals surface area contributed by atoms with E-state index in [1.165, 1.54) is 38.5 Å². The van der Waals surface area contributed by atoms with Gasteiger partial charge in [0.25, 0.3) is 0 Å². The summed E-state index contributed by atoms with van der Waals surface area (Å²) in [5.41, 5.74) is 0. The molecule has 292 valence electrons. The number of aliphatic hydroxyl groups is 2. The number of carbonyl (C=O) groups is 2. The SMILES string of the molecule is CCCC/C=C/C/C=C/CCCCCCCC(=O)OC[C@H](COP(=O)(O)OC[C@@H](O)CO)OC(=O)CCCCCCC/C=C/CCCCCC. The summed E-state index contributed by atoms with van der Waals surface area (Å²) in [5.74, 6) is -0.954. The number of phosphoric ester groups is 1. The van der Waals surface area contributed by atoms with Gasteiger partial charge in [0, 0.05) is 12.8 Å². The lowest BCUT2D eigenvalue weighted by atomic mass is 10.1. The predicted molar refractivity (Wildman–Crippen MR) is 201 cm³/mol. The normalized spacial score (nSPS) is 14.4.